The van der Waals surface area contributed by atoms with Gasteiger partial charge in [0.25, 0.3) is 0 Å². The number of pyridine rings is 1. The Bertz CT molecular complexity index is 1120. The molecule has 0 radical (unpaired) electrons. The molecule has 11 heteroatoms. The minimum atomic E-state index is -3.60. The average molecular weight is 490 g/mol. The van der Waals surface area contributed by atoms with Crippen molar-refractivity contribution in [2.24, 2.45) is 5.92 Å². The number of amides is 2. The molecule has 1 aromatic carbocycles. The van der Waals surface area contributed by atoms with E-state index in [0.29, 0.717) is 57.8 Å². The van der Waals surface area contributed by atoms with E-state index in [9.17, 15) is 22.4 Å². The number of piperidine rings is 1. The first kappa shape index (κ1) is 24.2. The largest absolute Gasteiger partial charge is 0.340 e. The quantitative estimate of drug-likeness (QED) is 0.658. The zero-order valence-electron chi connectivity index (χ0n) is 18.8. The normalized spacial score (nSPS) is 18.6. The van der Waals surface area contributed by atoms with Crippen molar-refractivity contribution in [1.82, 2.24) is 19.1 Å². The maximum atomic E-state index is 13.3. The summed E-state index contributed by atoms with van der Waals surface area (Å²) in [5.41, 5.74) is 0.413. The van der Waals surface area contributed by atoms with Gasteiger partial charge >= 0.3 is 0 Å². The van der Waals surface area contributed by atoms with Gasteiger partial charge in [-0.15, -0.1) is 0 Å². The molecular formula is C23H28FN5O4S. The van der Waals surface area contributed by atoms with Crippen molar-refractivity contribution in [2.45, 2.75) is 17.7 Å². The van der Waals surface area contributed by atoms with Crippen molar-refractivity contribution >= 4 is 27.5 Å². The van der Waals surface area contributed by atoms with Crippen LogP contribution in [0.5, 0.6) is 0 Å². The van der Waals surface area contributed by atoms with E-state index in [4.69, 9.17) is 0 Å². The lowest BCUT2D eigenvalue weighted by atomic mass is 9.96. The number of anilines is 1. The first-order valence-electron chi connectivity index (χ1n) is 11.3. The summed E-state index contributed by atoms with van der Waals surface area (Å²) in [5, 5.41) is 2.68. The van der Waals surface area contributed by atoms with E-state index in [-0.39, 0.29) is 29.2 Å². The van der Waals surface area contributed by atoms with Crippen molar-refractivity contribution in [3.63, 3.8) is 0 Å². The molecule has 2 aliphatic heterocycles. The van der Waals surface area contributed by atoms with Gasteiger partial charge in [0.1, 0.15) is 10.7 Å². The molecule has 182 valence electrons. The first-order chi connectivity index (χ1) is 16.3. The van der Waals surface area contributed by atoms with E-state index in [1.54, 1.807) is 17.0 Å². The SMILES string of the molecule is O=C(CN1CCN(C(=O)C2CCN(S(=O)(=O)c3cccnc3)CC2)CC1)Nc1cccc(F)c1. The number of hydrogen-bond donors (Lipinski definition) is 1. The Labute approximate surface area is 198 Å². The minimum absolute atomic E-state index is 0.0438. The number of piperazine rings is 1. The lowest BCUT2D eigenvalue weighted by molar-refractivity contribution is -0.138. The van der Waals surface area contributed by atoms with Crippen LogP contribution in [0.25, 0.3) is 0 Å². The molecule has 9 nitrogen and oxygen atoms in total. The summed E-state index contributed by atoms with van der Waals surface area (Å²) in [6.07, 6.45) is 3.83. The smallest absolute Gasteiger partial charge is 0.244 e. The van der Waals surface area contributed by atoms with Crippen molar-refractivity contribution < 1.29 is 22.4 Å². The predicted octanol–water partition coefficient (Wildman–Crippen LogP) is 1.40. The second-order valence-electron chi connectivity index (χ2n) is 8.53. The lowest BCUT2D eigenvalue weighted by Gasteiger charge is -2.38. The number of halogens is 1. The van der Waals surface area contributed by atoms with E-state index in [1.807, 2.05) is 4.90 Å². The molecular weight excluding hydrogens is 461 g/mol. The summed E-state index contributed by atoms with van der Waals surface area (Å²) in [6, 6.07) is 8.86. The molecule has 2 fully saturated rings. The van der Waals surface area contributed by atoms with Crippen LogP contribution in [0.15, 0.2) is 53.7 Å². The summed E-state index contributed by atoms with van der Waals surface area (Å²) >= 11 is 0. The van der Waals surface area contributed by atoms with Crippen molar-refractivity contribution in [3.05, 3.63) is 54.6 Å². The highest BCUT2D eigenvalue weighted by atomic mass is 32.2. The second-order valence-corrected chi connectivity index (χ2v) is 10.5. The fourth-order valence-electron chi connectivity index (χ4n) is 4.35. The minimum Gasteiger partial charge on any atom is -0.340 e. The highest BCUT2D eigenvalue weighted by molar-refractivity contribution is 7.89. The van der Waals surface area contributed by atoms with Gasteiger partial charge in [-0.2, -0.15) is 4.31 Å². The molecule has 0 aliphatic carbocycles. The van der Waals surface area contributed by atoms with Crippen LogP contribution in [-0.2, 0) is 19.6 Å². The third kappa shape index (κ3) is 5.78. The van der Waals surface area contributed by atoms with E-state index >= 15 is 0 Å². The van der Waals surface area contributed by atoms with Crippen molar-refractivity contribution in [3.8, 4) is 0 Å². The third-order valence-corrected chi connectivity index (χ3v) is 8.12. The van der Waals surface area contributed by atoms with Gasteiger partial charge in [-0.1, -0.05) is 6.07 Å². The molecule has 2 saturated heterocycles. The lowest BCUT2D eigenvalue weighted by Crippen LogP contribution is -2.53. The molecule has 1 N–H and O–H groups in total. The summed E-state index contributed by atoms with van der Waals surface area (Å²) in [6.45, 7) is 2.93. The van der Waals surface area contributed by atoms with Crippen LogP contribution in [0.3, 0.4) is 0 Å². The maximum Gasteiger partial charge on any atom is 0.244 e. The number of sulfonamides is 1. The first-order valence-corrected chi connectivity index (χ1v) is 12.7. The average Bonchev–Trinajstić information content (AvgIpc) is 2.84. The zero-order chi connectivity index (χ0) is 24.1. The number of nitrogens with one attached hydrogen (secondary N) is 1. The molecule has 4 rings (SSSR count). The number of benzene rings is 1. The van der Waals surface area contributed by atoms with Crippen LogP contribution in [-0.4, -0.2) is 85.1 Å². The second kappa shape index (κ2) is 10.6. The van der Waals surface area contributed by atoms with Crippen molar-refractivity contribution in [1.29, 1.82) is 0 Å². The summed E-state index contributed by atoms with van der Waals surface area (Å²) < 4.78 is 40.2. The topological polar surface area (TPSA) is 103 Å². The van der Waals surface area contributed by atoms with E-state index < -0.39 is 15.8 Å². The van der Waals surface area contributed by atoms with Gasteiger partial charge in [-0.25, -0.2) is 12.8 Å². The van der Waals surface area contributed by atoms with Gasteiger partial charge < -0.3 is 10.2 Å². The van der Waals surface area contributed by atoms with Crippen molar-refractivity contribution in [2.75, 3.05) is 51.1 Å². The highest BCUT2D eigenvalue weighted by Crippen LogP contribution is 2.25. The van der Waals surface area contributed by atoms with Gasteiger partial charge in [0.2, 0.25) is 21.8 Å². The molecule has 0 unspecified atom stereocenters. The molecule has 3 heterocycles. The van der Waals surface area contributed by atoms with Gasteiger partial charge in [0.05, 0.1) is 6.54 Å². The standard InChI is InChI=1S/C23H28FN5O4S/c24-19-3-1-4-20(15-19)26-22(30)17-27-11-13-28(14-12-27)23(31)18-6-9-29(10-7-18)34(32,33)21-5-2-8-25-16-21/h1-5,8,15-16,18H,6-7,9-14,17H2,(H,26,30). The highest BCUT2D eigenvalue weighted by Gasteiger charge is 2.34. The molecule has 0 bridgehead atoms. The van der Waals surface area contributed by atoms with Gasteiger partial charge in [0, 0.05) is 63.3 Å². The molecule has 0 atom stereocenters. The van der Waals surface area contributed by atoms with Crippen LogP contribution < -0.4 is 5.32 Å². The summed E-state index contributed by atoms with van der Waals surface area (Å²) in [7, 11) is -3.60. The van der Waals surface area contributed by atoms with Crippen LogP contribution in [0, 0.1) is 11.7 Å². The monoisotopic (exact) mass is 489 g/mol. The fourth-order valence-corrected chi connectivity index (χ4v) is 5.78. The number of rotatable bonds is 6. The van der Waals surface area contributed by atoms with Crippen LogP contribution in [0.4, 0.5) is 10.1 Å². The number of carbonyl (C=O) groups excluding carboxylic acids is 2. The molecule has 2 amide bonds. The van der Waals surface area contributed by atoms with Gasteiger partial charge in [-0.05, 0) is 43.2 Å². The van der Waals surface area contributed by atoms with E-state index in [2.05, 4.69) is 10.3 Å². The van der Waals surface area contributed by atoms with E-state index in [0.717, 1.165) is 0 Å². The Morgan fingerprint density at radius 3 is 2.41 bits per heavy atom. The molecule has 2 aromatic rings. The Balaban J connectivity index is 1.22. The Kier molecular flexibility index (Phi) is 7.54. The van der Waals surface area contributed by atoms with E-state index in [1.165, 1.54) is 41.0 Å². The van der Waals surface area contributed by atoms with Gasteiger partial charge in [0.15, 0.2) is 0 Å². The Hall–Kier alpha value is -2.89. The summed E-state index contributed by atoms with van der Waals surface area (Å²) in [5.74, 6) is -0.802. The molecule has 2 aliphatic rings. The number of aromatic nitrogens is 1. The molecule has 1 aromatic heterocycles. The molecule has 0 spiro atoms. The summed E-state index contributed by atoms with van der Waals surface area (Å²) in [4.78, 5) is 33.1. The van der Waals surface area contributed by atoms with Crippen LogP contribution in [0.1, 0.15) is 12.8 Å². The van der Waals surface area contributed by atoms with Crippen LogP contribution in [0.2, 0.25) is 0 Å². The molecule has 0 saturated carbocycles. The molecule has 34 heavy (non-hydrogen) atoms. The number of hydrogen-bond acceptors (Lipinski definition) is 6. The fraction of sp³-hybridized carbons (Fsp3) is 0.435. The number of nitrogens with zero attached hydrogens (tertiary/aromatic N) is 4. The number of carbonyl (C=O) groups is 2. The van der Waals surface area contributed by atoms with Crippen LogP contribution >= 0.6 is 0 Å². The Morgan fingerprint density at radius 2 is 1.76 bits per heavy atom. The Morgan fingerprint density at radius 1 is 1.03 bits per heavy atom. The van der Waals surface area contributed by atoms with Gasteiger partial charge in [-0.3, -0.25) is 19.5 Å². The third-order valence-electron chi connectivity index (χ3n) is 6.23. The predicted molar refractivity (Wildman–Crippen MR) is 124 cm³/mol. The zero-order valence-corrected chi connectivity index (χ0v) is 19.6. The maximum absolute atomic E-state index is 13.3.